The minimum Gasteiger partial charge on any atom is -0.493 e. The van der Waals surface area contributed by atoms with E-state index in [1.165, 1.54) is 10.4 Å². The second-order valence-electron chi connectivity index (χ2n) is 7.15. The number of ether oxygens (including phenoxy) is 2. The minimum atomic E-state index is -1.21. The highest BCUT2D eigenvalue weighted by atomic mass is 79.9. The third kappa shape index (κ3) is 3.92. The van der Waals surface area contributed by atoms with Gasteiger partial charge in [-0.3, -0.25) is 0 Å². The van der Waals surface area contributed by atoms with Gasteiger partial charge in [0.2, 0.25) is 0 Å². The van der Waals surface area contributed by atoms with Crippen LogP contribution in [0.4, 0.5) is 0 Å². The fourth-order valence-corrected chi connectivity index (χ4v) is 4.75. The van der Waals surface area contributed by atoms with Crippen LogP contribution in [0.2, 0.25) is 25.7 Å². The first-order valence-corrected chi connectivity index (χ1v) is 13.4. The molecule has 1 aliphatic rings. The van der Waals surface area contributed by atoms with Gasteiger partial charge in [-0.15, -0.1) is 11.3 Å². The predicted octanol–water partition coefficient (Wildman–Crippen LogP) is 5.61. The summed E-state index contributed by atoms with van der Waals surface area (Å²) in [5.74, 6) is 0.548. The molecule has 0 unspecified atom stereocenters. The first-order valence-electron chi connectivity index (χ1n) is 8.05. The lowest BCUT2D eigenvalue weighted by molar-refractivity contribution is 0.0524. The lowest BCUT2D eigenvalue weighted by Crippen LogP contribution is -2.22. The number of hydrogen-bond donors (Lipinski definition) is 0. The Balaban J connectivity index is 1.87. The molecule has 1 aromatic carbocycles. The van der Waals surface area contributed by atoms with Crippen molar-refractivity contribution in [3.63, 3.8) is 0 Å². The van der Waals surface area contributed by atoms with Gasteiger partial charge in [0.25, 0.3) is 0 Å². The summed E-state index contributed by atoms with van der Waals surface area (Å²) in [5.41, 5.74) is 2.83. The van der Waals surface area contributed by atoms with E-state index in [2.05, 4.69) is 47.0 Å². The predicted molar refractivity (Wildman–Crippen MR) is 105 cm³/mol. The van der Waals surface area contributed by atoms with Gasteiger partial charge in [0.1, 0.15) is 5.75 Å². The third-order valence-electron chi connectivity index (χ3n) is 3.99. The zero-order valence-corrected chi connectivity index (χ0v) is 17.6. The van der Waals surface area contributed by atoms with Crippen molar-refractivity contribution in [1.82, 2.24) is 0 Å². The molecule has 128 valence electrons. The fourth-order valence-electron chi connectivity index (χ4n) is 2.58. The van der Waals surface area contributed by atoms with Crippen LogP contribution >= 0.6 is 27.3 Å². The van der Waals surface area contributed by atoms with Crippen LogP contribution in [0.25, 0.3) is 10.4 Å². The number of esters is 1. The Kier molecular flexibility index (Phi) is 5.18. The Morgan fingerprint density at radius 3 is 2.92 bits per heavy atom. The van der Waals surface area contributed by atoms with Crippen LogP contribution in [-0.4, -0.2) is 27.3 Å². The molecule has 0 atom stereocenters. The van der Waals surface area contributed by atoms with Crippen LogP contribution in [0.3, 0.4) is 0 Å². The van der Waals surface area contributed by atoms with E-state index in [1.807, 2.05) is 12.1 Å². The molecule has 0 N–H and O–H groups in total. The quantitative estimate of drug-likeness (QED) is 0.472. The molecule has 1 aliphatic heterocycles. The van der Waals surface area contributed by atoms with Crippen molar-refractivity contribution in [2.75, 3.05) is 13.2 Å². The van der Waals surface area contributed by atoms with Crippen LogP contribution < -0.4 is 4.74 Å². The fraction of sp³-hybridized carbons (Fsp3) is 0.389. The topological polar surface area (TPSA) is 35.5 Å². The van der Waals surface area contributed by atoms with Gasteiger partial charge in [-0.25, -0.2) is 4.79 Å². The standard InChI is InChI=1S/C18H21BrO3SSi/c1-24(2,3)9-7-22-18(20)13-10-14-16(11-15(13)19)21-6-4-12-5-8-23-17(12)14/h5,8,10-11H,4,6-7,9H2,1-3H3. The minimum absolute atomic E-state index is 0.273. The molecule has 0 saturated heterocycles. The maximum absolute atomic E-state index is 12.5. The van der Waals surface area contributed by atoms with Crippen LogP contribution in [-0.2, 0) is 11.2 Å². The second-order valence-corrected chi connectivity index (χ2v) is 14.5. The molecule has 0 radical (unpaired) electrons. The summed E-state index contributed by atoms with van der Waals surface area (Å²) in [6.07, 6.45) is 0.890. The highest BCUT2D eigenvalue weighted by Gasteiger charge is 2.22. The SMILES string of the molecule is C[Si](C)(C)CCOC(=O)c1cc2c(cc1Br)OCCc1ccsc1-2. The number of thiophene rings is 1. The first-order chi connectivity index (χ1) is 11.3. The van der Waals surface area contributed by atoms with Crippen LogP contribution in [0.5, 0.6) is 5.75 Å². The van der Waals surface area contributed by atoms with E-state index < -0.39 is 8.07 Å². The first kappa shape index (κ1) is 17.7. The number of carbonyl (C=O) groups excluding carboxylic acids is 1. The smallest absolute Gasteiger partial charge is 0.339 e. The Bertz CT molecular complexity index is 764. The van der Waals surface area contributed by atoms with Crippen molar-refractivity contribution in [2.45, 2.75) is 32.1 Å². The Hall–Kier alpha value is -1.11. The normalized spacial score (nSPS) is 13.5. The van der Waals surface area contributed by atoms with Crippen molar-refractivity contribution in [2.24, 2.45) is 0 Å². The van der Waals surface area contributed by atoms with E-state index >= 15 is 0 Å². The molecule has 3 nitrogen and oxygen atoms in total. The van der Waals surface area contributed by atoms with Gasteiger partial charge in [-0.2, -0.15) is 0 Å². The second kappa shape index (κ2) is 7.02. The molecule has 0 bridgehead atoms. The zero-order valence-electron chi connectivity index (χ0n) is 14.1. The van der Waals surface area contributed by atoms with E-state index in [4.69, 9.17) is 9.47 Å². The summed E-state index contributed by atoms with van der Waals surface area (Å²) in [6, 6.07) is 6.89. The maximum atomic E-state index is 12.5. The van der Waals surface area contributed by atoms with Gasteiger partial charge in [-0.1, -0.05) is 19.6 Å². The molecule has 2 heterocycles. The maximum Gasteiger partial charge on any atom is 0.339 e. The van der Waals surface area contributed by atoms with Gasteiger partial charge in [0.05, 0.1) is 18.8 Å². The molecular formula is C18H21BrO3SSi. The van der Waals surface area contributed by atoms with Gasteiger partial charge in [0.15, 0.2) is 0 Å². The number of halogens is 1. The number of carbonyl (C=O) groups is 1. The average Bonchev–Trinajstić information content (AvgIpc) is 2.88. The number of hydrogen-bond acceptors (Lipinski definition) is 4. The molecule has 2 aromatic rings. The summed E-state index contributed by atoms with van der Waals surface area (Å²) >= 11 is 5.18. The Morgan fingerprint density at radius 2 is 2.17 bits per heavy atom. The van der Waals surface area contributed by atoms with Gasteiger partial charge >= 0.3 is 5.97 Å². The molecule has 6 heteroatoms. The molecule has 0 fully saturated rings. The van der Waals surface area contributed by atoms with Crippen molar-refractivity contribution in [1.29, 1.82) is 0 Å². The third-order valence-corrected chi connectivity index (χ3v) is 7.34. The molecule has 0 saturated carbocycles. The molecule has 1 aromatic heterocycles. The summed E-state index contributed by atoms with van der Waals surface area (Å²) in [4.78, 5) is 13.7. The lowest BCUT2D eigenvalue weighted by Gasteiger charge is -2.16. The molecular weight excluding hydrogens is 404 g/mol. The summed E-state index contributed by atoms with van der Waals surface area (Å²) in [6.45, 7) is 7.96. The van der Waals surface area contributed by atoms with E-state index in [0.717, 1.165) is 28.3 Å². The number of fused-ring (bicyclic) bond motifs is 3. The van der Waals surface area contributed by atoms with Crippen molar-refractivity contribution in [3.05, 3.63) is 39.2 Å². The van der Waals surface area contributed by atoms with Crippen LogP contribution in [0.15, 0.2) is 28.1 Å². The van der Waals surface area contributed by atoms with Crippen LogP contribution in [0, 0.1) is 0 Å². The molecule has 0 aliphatic carbocycles. The average molecular weight is 425 g/mol. The van der Waals surface area contributed by atoms with Gasteiger partial charge in [-0.05, 0) is 51.1 Å². The monoisotopic (exact) mass is 424 g/mol. The van der Waals surface area contributed by atoms with Crippen molar-refractivity contribution >= 4 is 41.3 Å². The molecule has 3 rings (SSSR count). The lowest BCUT2D eigenvalue weighted by atomic mass is 10.1. The van der Waals surface area contributed by atoms with Crippen molar-refractivity contribution in [3.8, 4) is 16.2 Å². The van der Waals surface area contributed by atoms with E-state index in [9.17, 15) is 4.79 Å². The number of benzene rings is 1. The molecule has 0 amide bonds. The summed E-state index contributed by atoms with van der Waals surface area (Å²) in [7, 11) is -1.21. The zero-order chi connectivity index (χ0) is 17.3. The van der Waals surface area contributed by atoms with E-state index in [0.29, 0.717) is 18.8 Å². The summed E-state index contributed by atoms with van der Waals surface area (Å²) in [5, 5.41) is 2.09. The molecule has 0 spiro atoms. The Morgan fingerprint density at radius 1 is 1.38 bits per heavy atom. The summed E-state index contributed by atoms with van der Waals surface area (Å²) < 4.78 is 12.1. The molecule has 24 heavy (non-hydrogen) atoms. The highest BCUT2D eigenvalue weighted by molar-refractivity contribution is 9.10. The van der Waals surface area contributed by atoms with Crippen molar-refractivity contribution < 1.29 is 14.3 Å². The van der Waals surface area contributed by atoms with E-state index in [1.54, 1.807) is 11.3 Å². The highest BCUT2D eigenvalue weighted by Crippen LogP contribution is 2.41. The van der Waals surface area contributed by atoms with Crippen LogP contribution in [0.1, 0.15) is 15.9 Å². The number of rotatable bonds is 4. The van der Waals surface area contributed by atoms with Gasteiger partial charge < -0.3 is 9.47 Å². The van der Waals surface area contributed by atoms with Gasteiger partial charge in [0, 0.05) is 29.4 Å². The van der Waals surface area contributed by atoms with E-state index in [-0.39, 0.29) is 5.97 Å². The Labute approximate surface area is 156 Å². The largest absolute Gasteiger partial charge is 0.493 e.